The minimum atomic E-state index is -0.173. The molecular weight excluding hydrogens is 332 g/mol. The first-order valence-electron chi connectivity index (χ1n) is 9.41. The number of fused-ring (bicyclic) bond motifs is 3. The molecule has 2 aliphatic heterocycles. The van der Waals surface area contributed by atoms with Gasteiger partial charge in [-0.1, -0.05) is 19.1 Å². The molecule has 3 heterocycles. The van der Waals surface area contributed by atoms with Gasteiger partial charge in [0.05, 0.1) is 13.2 Å². The molecule has 2 bridgehead atoms. The predicted molar refractivity (Wildman–Crippen MR) is 98.4 cm³/mol. The van der Waals surface area contributed by atoms with Gasteiger partial charge in [0.2, 0.25) is 0 Å². The second kappa shape index (κ2) is 6.89. The average Bonchev–Trinajstić information content (AvgIpc) is 3.02. The molecule has 0 aliphatic carbocycles. The van der Waals surface area contributed by atoms with E-state index in [0.29, 0.717) is 41.9 Å². The second-order valence-corrected chi connectivity index (χ2v) is 7.46. The predicted octanol–water partition coefficient (Wildman–Crippen LogP) is 1.96. The maximum Gasteiger partial charge on any atom is 0.272 e. The molecule has 4 rings (SSSR count). The number of nitrogens with one attached hydrogen (secondary N) is 2. The maximum atomic E-state index is 13.0. The van der Waals surface area contributed by atoms with Crippen molar-refractivity contribution < 1.29 is 14.6 Å². The highest BCUT2D eigenvalue weighted by Crippen LogP contribution is 2.30. The van der Waals surface area contributed by atoms with Crippen LogP contribution in [-0.4, -0.2) is 52.1 Å². The summed E-state index contributed by atoms with van der Waals surface area (Å²) >= 11 is 0. The van der Waals surface area contributed by atoms with E-state index in [4.69, 9.17) is 4.74 Å². The van der Waals surface area contributed by atoms with Crippen molar-refractivity contribution in [3.05, 3.63) is 23.9 Å². The first-order chi connectivity index (χ1) is 12.6. The fourth-order valence-electron chi connectivity index (χ4n) is 4.04. The summed E-state index contributed by atoms with van der Waals surface area (Å²) in [6.07, 6.45) is 2.58. The lowest BCUT2D eigenvalue weighted by molar-refractivity contribution is 0.0148. The summed E-state index contributed by atoms with van der Waals surface area (Å²) in [6.45, 7) is 5.49. The van der Waals surface area contributed by atoms with Gasteiger partial charge in [0.1, 0.15) is 11.3 Å². The lowest BCUT2D eigenvalue weighted by Gasteiger charge is -2.40. The molecule has 7 nitrogen and oxygen atoms in total. The van der Waals surface area contributed by atoms with Crippen LogP contribution in [0.4, 0.5) is 0 Å². The molecule has 1 aromatic carbocycles. The number of benzene rings is 1. The molecule has 2 aromatic rings. The van der Waals surface area contributed by atoms with Gasteiger partial charge < -0.3 is 20.5 Å². The third kappa shape index (κ3) is 3.05. The second-order valence-electron chi connectivity index (χ2n) is 7.46. The summed E-state index contributed by atoms with van der Waals surface area (Å²) in [6, 6.07) is 6.05. The molecule has 4 atom stereocenters. The van der Waals surface area contributed by atoms with Crippen LogP contribution in [-0.2, 0) is 4.74 Å². The Morgan fingerprint density at radius 1 is 1.42 bits per heavy atom. The van der Waals surface area contributed by atoms with Crippen molar-refractivity contribution in [2.24, 2.45) is 0 Å². The van der Waals surface area contributed by atoms with E-state index in [1.807, 2.05) is 13.0 Å². The van der Waals surface area contributed by atoms with Crippen LogP contribution in [0.2, 0.25) is 0 Å². The number of nitrogens with zero attached hydrogens (tertiary/aromatic N) is 2. The summed E-state index contributed by atoms with van der Waals surface area (Å²) in [7, 11) is 0. The number of morpholine rings is 1. The highest BCUT2D eigenvalue weighted by Gasteiger charge is 2.33. The molecule has 1 aromatic heterocycles. The van der Waals surface area contributed by atoms with Gasteiger partial charge in [-0.05, 0) is 32.3 Å². The summed E-state index contributed by atoms with van der Waals surface area (Å²) in [5, 5.41) is 22.2. The van der Waals surface area contributed by atoms with E-state index in [-0.39, 0.29) is 23.7 Å². The molecule has 1 amide bonds. The first kappa shape index (κ1) is 17.3. The first-order valence-corrected chi connectivity index (χ1v) is 9.41. The van der Waals surface area contributed by atoms with Gasteiger partial charge in [0.25, 0.3) is 5.91 Å². The molecule has 26 heavy (non-hydrogen) atoms. The standard InChI is InChI=1S/C19H26N4O3/c1-3-11(2)23-18-15(5-4-6-16(18)24)17(22-23)19(25)21-12-7-13-9-26-10-14(8-12)20-13/h4-6,11-14,20,24H,3,7-10H2,1-2H3,(H,21,25)/t11-,12?,13-,14+/m0/s1. The van der Waals surface area contributed by atoms with Crippen molar-refractivity contribution in [3.63, 3.8) is 0 Å². The Morgan fingerprint density at radius 2 is 2.15 bits per heavy atom. The van der Waals surface area contributed by atoms with Crippen LogP contribution in [0.3, 0.4) is 0 Å². The van der Waals surface area contributed by atoms with Gasteiger partial charge in [0, 0.05) is 29.6 Å². The maximum absolute atomic E-state index is 13.0. The molecule has 3 N–H and O–H groups in total. The molecule has 1 unspecified atom stereocenters. The average molecular weight is 358 g/mol. The number of amides is 1. The van der Waals surface area contributed by atoms with Gasteiger partial charge in [-0.15, -0.1) is 0 Å². The van der Waals surface area contributed by atoms with Crippen LogP contribution in [0.15, 0.2) is 18.2 Å². The summed E-state index contributed by atoms with van der Waals surface area (Å²) < 4.78 is 7.34. The topological polar surface area (TPSA) is 88.4 Å². The van der Waals surface area contributed by atoms with Crippen LogP contribution in [0.5, 0.6) is 5.75 Å². The van der Waals surface area contributed by atoms with Gasteiger partial charge in [-0.3, -0.25) is 9.48 Å². The smallest absolute Gasteiger partial charge is 0.272 e. The number of hydrogen-bond donors (Lipinski definition) is 3. The molecule has 7 heteroatoms. The Hall–Kier alpha value is -2.12. The minimum absolute atomic E-state index is 0.0998. The number of para-hydroxylation sites is 1. The largest absolute Gasteiger partial charge is 0.506 e. The Bertz CT molecular complexity index is 806. The number of piperidine rings is 1. The molecule has 2 saturated heterocycles. The molecule has 2 fully saturated rings. The molecule has 0 saturated carbocycles. The fraction of sp³-hybridized carbons (Fsp3) is 0.579. The summed E-state index contributed by atoms with van der Waals surface area (Å²) in [5.41, 5.74) is 1.01. The number of rotatable bonds is 4. The Balaban J connectivity index is 1.62. The fourth-order valence-corrected chi connectivity index (χ4v) is 4.04. The van der Waals surface area contributed by atoms with E-state index < -0.39 is 0 Å². The summed E-state index contributed by atoms with van der Waals surface area (Å²) in [5.74, 6) is -0.0172. The zero-order valence-electron chi connectivity index (χ0n) is 15.2. The molecule has 0 radical (unpaired) electrons. The van der Waals surface area contributed by atoms with Crippen molar-refractivity contribution >= 4 is 16.8 Å². The number of phenolic OH excluding ortho intramolecular Hbond substituents is 1. The van der Waals surface area contributed by atoms with Crippen molar-refractivity contribution in [2.45, 2.75) is 57.3 Å². The number of phenols is 1. The Labute approximate surface area is 152 Å². The number of carbonyl (C=O) groups excluding carboxylic acids is 1. The Morgan fingerprint density at radius 3 is 2.85 bits per heavy atom. The number of ether oxygens (including phenoxy) is 1. The van der Waals surface area contributed by atoms with E-state index in [9.17, 15) is 9.90 Å². The highest BCUT2D eigenvalue weighted by molar-refractivity contribution is 6.06. The normalized spacial score (nSPS) is 26.6. The van der Waals surface area contributed by atoms with E-state index in [1.165, 1.54) is 0 Å². The number of aromatic hydroxyl groups is 1. The highest BCUT2D eigenvalue weighted by atomic mass is 16.5. The minimum Gasteiger partial charge on any atom is -0.506 e. The zero-order valence-corrected chi connectivity index (χ0v) is 15.2. The van der Waals surface area contributed by atoms with E-state index in [0.717, 1.165) is 19.3 Å². The lowest BCUT2D eigenvalue weighted by Crippen LogP contribution is -2.58. The quantitative estimate of drug-likeness (QED) is 0.778. The van der Waals surface area contributed by atoms with Gasteiger partial charge in [-0.25, -0.2) is 0 Å². The summed E-state index contributed by atoms with van der Waals surface area (Å²) in [4.78, 5) is 13.0. The molecule has 140 valence electrons. The third-order valence-electron chi connectivity index (χ3n) is 5.51. The lowest BCUT2D eigenvalue weighted by atomic mass is 9.92. The van der Waals surface area contributed by atoms with Crippen LogP contribution < -0.4 is 10.6 Å². The monoisotopic (exact) mass is 358 g/mol. The van der Waals surface area contributed by atoms with E-state index in [1.54, 1.807) is 16.8 Å². The molecular formula is C19H26N4O3. The zero-order chi connectivity index (χ0) is 18.3. The van der Waals surface area contributed by atoms with Gasteiger partial charge >= 0.3 is 0 Å². The van der Waals surface area contributed by atoms with Gasteiger partial charge in [0.15, 0.2) is 5.69 Å². The van der Waals surface area contributed by atoms with E-state index >= 15 is 0 Å². The Kier molecular flexibility index (Phi) is 4.58. The number of hydrogen-bond acceptors (Lipinski definition) is 5. The SMILES string of the molecule is CC[C@H](C)n1nc(C(=O)NC2C[C@H]3COC[C@@H](C2)N3)c2cccc(O)c21. The van der Waals surface area contributed by atoms with Crippen LogP contribution in [0.1, 0.15) is 49.6 Å². The van der Waals surface area contributed by atoms with Crippen molar-refractivity contribution in [3.8, 4) is 5.75 Å². The van der Waals surface area contributed by atoms with Crippen LogP contribution >= 0.6 is 0 Å². The van der Waals surface area contributed by atoms with Crippen molar-refractivity contribution in [2.75, 3.05) is 13.2 Å². The van der Waals surface area contributed by atoms with Gasteiger partial charge in [-0.2, -0.15) is 5.10 Å². The molecule has 2 aliphatic rings. The third-order valence-corrected chi connectivity index (χ3v) is 5.51. The number of carbonyl (C=O) groups is 1. The number of aromatic nitrogens is 2. The van der Waals surface area contributed by atoms with E-state index in [2.05, 4.69) is 22.7 Å². The van der Waals surface area contributed by atoms with Crippen LogP contribution in [0, 0.1) is 0 Å². The van der Waals surface area contributed by atoms with Crippen molar-refractivity contribution in [1.82, 2.24) is 20.4 Å². The van der Waals surface area contributed by atoms with Crippen LogP contribution in [0.25, 0.3) is 10.9 Å². The van der Waals surface area contributed by atoms with Crippen molar-refractivity contribution in [1.29, 1.82) is 0 Å². The molecule has 0 spiro atoms.